The molecule has 0 aliphatic rings. The molecule has 1 atom stereocenters. The minimum absolute atomic E-state index is 0.0149. The molecule has 1 unspecified atom stereocenters. The summed E-state index contributed by atoms with van der Waals surface area (Å²) in [5, 5.41) is 0. The Morgan fingerprint density at radius 2 is 1.56 bits per heavy atom. The Bertz CT molecular complexity index is 636. The van der Waals surface area contributed by atoms with Gasteiger partial charge in [-0.05, 0) is 55.5 Å². The predicted molar refractivity (Wildman–Crippen MR) is 106 cm³/mol. The zero-order chi connectivity index (χ0) is 18.1. The summed E-state index contributed by atoms with van der Waals surface area (Å²) in [6.45, 7) is 6.47. The van der Waals surface area contributed by atoms with Gasteiger partial charge < -0.3 is 9.69 Å². The fraction of sp³-hybridized carbons (Fsp3) is 0.435. The van der Waals surface area contributed by atoms with E-state index in [1.807, 2.05) is 6.07 Å². The maximum absolute atomic E-state index is 11.7. The van der Waals surface area contributed by atoms with Gasteiger partial charge in [-0.2, -0.15) is 0 Å². The van der Waals surface area contributed by atoms with Crippen molar-refractivity contribution in [3.63, 3.8) is 0 Å². The van der Waals surface area contributed by atoms with E-state index in [0.717, 1.165) is 38.6 Å². The summed E-state index contributed by atoms with van der Waals surface area (Å²) >= 11 is 0. The largest absolute Gasteiger partial charge is 0.306 e. The van der Waals surface area contributed by atoms with Gasteiger partial charge in [0.05, 0.1) is 0 Å². The molecular formula is C23H31NO. The van der Waals surface area contributed by atoms with Crippen molar-refractivity contribution >= 4 is 6.29 Å². The number of carbonyl (C=O) groups is 1. The Morgan fingerprint density at radius 3 is 2.20 bits per heavy atom. The first-order chi connectivity index (χ1) is 12.1. The maximum atomic E-state index is 11.7. The summed E-state index contributed by atoms with van der Waals surface area (Å²) in [4.78, 5) is 14.0. The molecule has 2 aromatic carbocycles. The van der Waals surface area contributed by atoms with Crippen LogP contribution in [-0.4, -0.2) is 31.3 Å². The molecule has 0 saturated carbocycles. The van der Waals surface area contributed by atoms with Gasteiger partial charge >= 0.3 is 0 Å². The molecule has 0 amide bonds. The van der Waals surface area contributed by atoms with E-state index in [0.29, 0.717) is 5.92 Å². The van der Waals surface area contributed by atoms with Crippen molar-refractivity contribution in [2.45, 2.75) is 44.9 Å². The van der Waals surface area contributed by atoms with Crippen molar-refractivity contribution in [2.75, 3.05) is 20.1 Å². The highest BCUT2D eigenvalue weighted by atomic mass is 16.1. The van der Waals surface area contributed by atoms with Gasteiger partial charge in [0, 0.05) is 12.5 Å². The minimum atomic E-state index is 0.0149. The molecule has 2 nitrogen and oxygen atoms in total. The second-order valence-electron chi connectivity index (χ2n) is 7.21. The van der Waals surface area contributed by atoms with Crippen LogP contribution in [0.5, 0.6) is 0 Å². The third-order valence-electron chi connectivity index (χ3n) is 4.86. The molecule has 134 valence electrons. The number of carbonyl (C=O) groups excluding carboxylic acids is 1. The van der Waals surface area contributed by atoms with Crippen molar-refractivity contribution in [3.05, 3.63) is 71.3 Å². The summed E-state index contributed by atoms with van der Waals surface area (Å²) in [6.07, 6.45) is 4.17. The standard InChI is InChI=1S/C23H31NO/c1-19(2)22-13-7-8-14-23(22)21(18-25)12-9-16-24(3)17-15-20-10-5-4-6-11-20/h4-8,10-11,13-14,18-19,21H,9,12,15-17H2,1-3H3. The molecule has 0 spiro atoms. The van der Waals surface area contributed by atoms with Gasteiger partial charge in [-0.25, -0.2) is 0 Å². The molecule has 0 heterocycles. The fourth-order valence-electron chi connectivity index (χ4n) is 3.33. The average Bonchev–Trinajstić information content (AvgIpc) is 2.64. The number of rotatable bonds is 10. The quantitative estimate of drug-likeness (QED) is 0.566. The number of benzene rings is 2. The lowest BCUT2D eigenvalue weighted by atomic mass is 9.87. The van der Waals surface area contributed by atoms with Crippen LogP contribution in [0, 0.1) is 0 Å². The average molecular weight is 338 g/mol. The van der Waals surface area contributed by atoms with Crippen molar-refractivity contribution in [1.82, 2.24) is 4.90 Å². The number of aldehydes is 1. The molecule has 0 radical (unpaired) electrons. The summed E-state index contributed by atoms with van der Waals surface area (Å²) in [7, 11) is 2.17. The van der Waals surface area contributed by atoms with E-state index >= 15 is 0 Å². The molecule has 0 bridgehead atoms. The van der Waals surface area contributed by atoms with E-state index in [-0.39, 0.29) is 5.92 Å². The van der Waals surface area contributed by atoms with Gasteiger partial charge in [0.15, 0.2) is 0 Å². The second-order valence-corrected chi connectivity index (χ2v) is 7.21. The highest BCUT2D eigenvalue weighted by Gasteiger charge is 2.16. The van der Waals surface area contributed by atoms with Gasteiger partial charge in [-0.15, -0.1) is 0 Å². The van der Waals surface area contributed by atoms with Crippen LogP contribution in [0.3, 0.4) is 0 Å². The molecule has 0 aromatic heterocycles. The number of likely N-dealkylation sites (N-methyl/N-ethyl adjacent to an activating group) is 1. The van der Waals surface area contributed by atoms with Crippen molar-refractivity contribution in [3.8, 4) is 0 Å². The third-order valence-corrected chi connectivity index (χ3v) is 4.86. The van der Waals surface area contributed by atoms with Crippen LogP contribution in [0.2, 0.25) is 0 Å². The SMILES string of the molecule is CC(C)c1ccccc1C(C=O)CCCN(C)CCc1ccccc1. The van der Waals surface area contributed by atoms with Crippen LogP contribution >= 0.6 is 0 Å². The second kappa shape index (κ2) is 10.1. The Balaban J connectivity index is 1.82. The molecule has 0 N–H and O–H groups in total. The number of nitrogens with zero attached hydrogens (tertiary/aromatic N) is 1. The molecule has 0 saturated heterocycles. The number of hydrogen-bond donors (Lipinski definition) is 0. The molecule has 2 rings (SSSR count). The Labute approximate surface area is 152 Å². The van der Waals surface area contributed by atoms with Crippen LogP contribution in [0.4, 0.5) is 0 Å². The van der Waals surface area contributed by atoms with E-state index in [4.69, 9.17) is 0 Å². The molecular weight excluding hydrogens is 306 g/mol. The molecule has 0 aliphatic heterocycles. The third kappa shape index (κ3) is 6.13. The number of hydrogen-bond acceptors (Lipinski definition) is 2. The van der Waals surface area contributed by atoms with Crippen LogP contribution in [0.25, 0.3) is 0 Å². The lowest BCUT2D eigenvalue weighted by molar-refractivity contribution is -0.109. The van der Waals surface area contributed by atoms with Crippen LogP contribution < -0.4 is 0 Å². The predicted octanol–water partition coefficient (Wildman–Crippen LogP) is 5.05. The lowest BCUT2D eigenvalue weighted by Crippen LogP contribution is -2.23. The van der Waals surface area contributed by atoms with Gasteiger partial charge in [-0.1, -0.05) is 68.4 Å². The van der Waals surface area contributed by atoms with E-state index in [1.54, 1.807) is 0 Å². The van der Waals surface area contributed by atoms with Crippen LogP contribution in [0.1, 0.15) is 55.2 Å². The summed E-state index contributed by atoms with van der Waals surface area (Å²) < 4.78 is 0. The Hall–Kier alpha value is -1.93. The van der Waals surface area contributed by atoms with Gasteiger partial charge in [0.2, 0.25) is 0 Å². The first-order valence-electron chi connectivity index (χ1n) is 9.38. The highest BCUT2D eigenvalue weighted by Crippen LogP contribution is 2.28. The molecule has 0 aliphatic carbocycles. The van der Waals surface area contributed by atoms with E-state index < -0.39 is 0 Å². The van der Waals surface area contributed by atoms with Crippen LogP contribution in [0.15, 0.2) is 54.6 Å². The lowest BCUT2D eigenvalue weighted by Gasteiger charge is -2.20. The monoisotopic (exact) mass is 337 g/mol. The topological polar surface area (TPSA) is 20.3 Å². The normalized spacial score (nSPS) is 12.5. The Morgan fingerprint density at radius 1 is 0.920 bits per heavy atom. The van der Waals surface area contributed by atoms with Gasteiger partial charge in [-0.3, -0.25) is 0 Å². The molecule has 0 fully saturated rings. The van der Waals surface area contributed by atoms with E-state index in [2.05, 4.69) is 74.3 Å². The first-order valence-corrected chi connectivity index (χ1v) is 9.38. The minimum Gasteiger partial charge on any atom is -0.306 e. The van der Waals surface area contributed by atoms with Crippen LogP contribution in [-0.2, 0) is 11.2 Å². The first kappa shape index (κ1) is 19.4. The summed E-state index contributed by atoms with van der Waals surface area (Å²) in [5.41, 5.74) is 3.89. The van der Waals surface area contributed by atoms with E-state index in [9.17, 15) is 4.79 Å². The van der Waals surface area contributed by atoms with Gasteiger partial charge in [0.1, 0.15) is 6.29 Å². The zero-order valence-corrected chi connectivity index (χ0v) is 15.8. The Kier molecular flexibility index (Phi) is 7.87. The zero-order valence-electron chi connectivity index (χ0n) is 15.8. The summed E-state index contributed by atoms with van der Waals surface area (Å²) in [5.74, 6) is 0.466. The molecule has 2 heteroatoms. The van der Waals surface area contributed by atoms with Gasteiger partial charge in [0.25, 0.3) is 0 Å². The molecule has 2 aromatic rings. The van der Waals surface area contributed by atoms with Crippen molar-refractivity contribution in [1.29, 1.82) is 0 Å². The van der Waals surface area contributed by atoms with Crippen molar-refractivity contribution in [2.24, 2.45) is 0 Å². The fourth-order valence-corrected chi connectivity index (χ4v) is 3.33. The molecule has 25 heavy (non-hydrogen) atoms. The maximum Gasteiger partial charge on any atom is 0.127 e. The van der Waals surface area contributed by atoms with E-state index in [1.165, 1.54) is 16.7 Å². The smallest absolute Gasteiger partial charge is 0.127 e. The van der Waals surface area contributed by atoms with Crippen molar-refractivity contribution < 1.29 is 4.79 Å². The highest BCUT2D eigenvalue weighted by molar-refractivity contribution is 5.63. The summed E-state index contributed by atoms with van der Waals surface area (Å²) in [6, 6.07) is 19.0.